The molecule has 1 aromatic rings. The third-order valence-corrected chi connectivity index (χ3v) is 6.12. The van der Waals surface area contributed by atoms with Crippen molar-refractivity contribution in [2.75, 3.05) is 0 Å². The number of nitrogens with zero attached hydrogens (tertiary/aromatic N) is 2. The zero-order valence-electron chi connectivity index (χ0n) is 13.6. The van der Waals surface area contributed by atoms with Crippen LogP contribution in [0.2, 0.25) is 0 Å². The molecule has 2 bridgehead atoms. The molecule has 6 heteroatoms. The molecule has 0 spiro atoms. The number of benzene rings is 1. The van der Waals surface area contributed by atoms with Gasteiger partial charge in [0.15, 0.2) is 0 Å². The largest absolute Gasteiger partial charge is 0.271 e. The van der Waals surface area contributed by atoms with E-state index in [9.17, 15) is 14.9 Å². The van der Waals surface area contributed by atoms with Crippen LogP contribution < -0.4 is 5.43 Å². The number of amides is 1. The second-order valence-corrected chi connectivity index (χ2v) is 7.30. The van der Waals surface area contributed by atoms with Crippen LogP contribution in [-0.4, -0.2) is 16.5 Å². The lowest BCUT2D eigenvalue weighted by Crippen LogP contribution is -2.34. The van der Waals surface area contributed by atoms with Gasteiger partial charge in [-0.3, -0.25) is 14.9 Å². The first-order valence-corrected chi connectivity index (χ1v) is 7.87. The van der Waals surface area contributed by atoms with E-state index in [4.69, 9.17) is 0 Å². The highest BCUT2D eigenvalue weighted by molar-refractivity contribution is 5.98. The predicted molar refractivity (Wildman–Crippen MR) is 87.2 cm³/mol. The molecule has 2 fully saturated rings. The average molecular weight is 315 g/mol. The van der Waals surface area contributed by atoms with Gasteiger partial charge in [-0.05, 0) is 36.7 Å². The summed E-state index contributed by atoms with van der Waals surface area (Å²) in [7, 11) is 0. The van der Waals surface area contributed by atoms with Crippen molar-refractivity contribution in [3.05, 3.63) is 39.9 Å². The van der Waals surface area contributed by atoms with E-state index in [0.29, 0.717) is 5.92 Å². The summed E-state index contributed by atoms with van der Waals surface area (Å²) in [4.78, 5) is 22.5. The zero-order valence-corrected chi connectivity index (χ0v) is 13.6. The Morgan fingerprint density at radius 3 is 2.70 bits per heavy atom. The first kappa shape index (κ1) is 15.6. The summed E-state index contributed by atoms with van der Waals surface area (Å²) in [6, 6.07) is 5.68. The van der Waals surface area contributed by atoms with Gasteiger partial charge in [0.2, 0.25) is 0 Å². The molecule has 0 aromatic heterocycles. The van der Waals surface area contributed by atoms with Gasteiger partial charge < -0.3 is 0 Å². The van der Waals surface area contributed by atoms with E-state index in [1.54, 1.807) is 6.07 Å². The Morgan fingerprint density at radius 2 is 2.13 bits per heavy atom. The summed E-state index contributed by atoms with van der Waals surface area (Å²) in [5.74, 6) is 0.200. The Labute approximate surface area is 135 Å². The standard InChI is InChI=1S/C17H21N3O3/c1-16(2)12-7-8-17(16,3)14(10-12)18-19-15(21)11-5-4-6-13(9-11)20(22)23/h4-6,9,12H,7-8,10H2,1-3H3,(H,19,21)/b18-14-/t12-,17-/m1/s1. The first-order valence-electron chi connectivity index (χ1n) is 7.87. The van der Waals surface area contributed by atoms with E-state index >= 15 is 0 Å². The Morgan fingerprint density at radius 1 is 1.39 bits per heavy atom. The molecule has 0 radical (unpaired) electrons. The third kappa shape index (κ3) is 2.33. The van der Waals surface area contributed by atoms with E-state index in [-0.39, 0.29) is 22.1 Å². The number of rotatable bonds is 3. The zero-order chi connectivity index (χ0) is 16.8. The Balaban J connectivity index is 1.78. The predicted octanol–water partition coefficient (Wildman–Crippen LogP) is 3.53. The maximum atomic E-state index is 12.2. The molecule has 0 heterocycles. The number of nitro groups is 1. The monoisotopic (exact) mass is 315 g/mol. The van der Waals surface area contributed by atoms with Crippen LogP contribution in [0.3, 0.4) is 0 Å². The summed E-state index contributed by atoms with van der Waals surface area (Å²) >= 11 is 0. The van der Waals surface area contributed by atoms with Crippen LogP contribution >= 0.6 is 0 Å². The average Bonchev–Trinajstić information content (AvgIpc) is 2.85. The van der Waals surface area contributed by atoms with Crippen LogP contribution in [0.15, 0.2) is 29.4 Å². The minimum absolute atomic E-state index is 0.0215. The second kappa shape index (κ2) is 5.15. The molecule has 0 saturated heterocycles. The fraction of sp³-hybridized carbons (Fsp3) is 0.529. The Hall–Kier alpha value is -2.24. The van der Waals surface area contributed by atoms with Crippen molar-refractivity contribution in [3.8, 4) is 0 Å². The Bertz CT molecular complexity index is 711. The topological polar surface area (TPSA) is 84.6 Å². The molecule has 1 aromatic carbocycles. The normalized spacial score (nSPS) is 29.7. The van der Waals surface area contributed by atoms with Crippen molar-refractivity contribution < 1.29 is 9.72 Å². The van der Waals surface area contributed by atoms with Crippen molar-refractivity contribution in [2.24, 2.45) is 21.8 Å². The number of hydrazone groups is 1. The van der Waals surface area contributed by atoms with E-state index in [2.05, 4.69) is 31.3 Å². The van der Waals surface area contributed by atoms with Gasteiger partial charge in [0.1, 0.15) is 0 Å². The van der Waals surface area contributed by atoms with Gasteiger partial charge in [0.25, 0.3) is 11.6 Å². The van der Waals surface area contributed by atoms with E-state index in [0.717, 1.165) is 18.6 Å². The molecule has 0 unspecified atom stereocenters. The molecular weight excluding hydrogens is 294 g/mol. The van der Waals surface area contributed by atoms with Gasteiger partial charge in [-0.2, -0.15) is 5.10 Å². The molecule has 1 amide bonds. The van der Waals surface area contributed by atoms with Crippen molar-refractivity contribution in [1.29, 1.82) is 0 Å². The van der Waals surface area contributed by atoms with Gasteiger partial charge in [-0.15, -0.1) is 0 Å². The maximum Gasteiger partial charge on any atom is 0.271 e. The molecule has 0 aliphatic heterocycles. The molecule has 2 atom stereocenters. The number of fused-ring (bicyclic) bond motifs is 2. The third-order valence-electron chi connectivity index (χ3n) is 6.12. The number of carbonyl (C=O) groups excluding carboxylic acids is 1. The lowest BCUT2D eigenvalue weighted by atomic mass is 9.70. The highest BCUT2D eigenvalue weighted by Crippen LogP contribution is 2.63. The maximum absolute atomic E-state index is 12.2. The van der Waals surface area contributed by atoms with Crippen LogP contribution in [0.5, 0.6) is 0 Å². The van der Waals surface area contributed by atoms with Crippen molar-refractivity contribution in [2.45, 2.75) is 40.0 Å². The van der Waals surface area contributed by atoms with Gasteiger partial charge in [-0.25, -0.2) is 5.43 Å². The molecule has 1 N–H and O–H groups in total. The quantitative estimate of drug-likeness (QED) is 0.684. The van der Waals surface area contributed by atoms with Crippen LogP contribution in [-0.2, 0) is 0 Å². The molecule has 2 aliphatic carbocycles. The van der Waals surface area contributed by atoms with E-state index in [1.165, 1.54) is 24.6 Å². The highest BCUT2D eigenvalue weighted by atomic mass is 16.6. The lowest BCUT2D eigenvalue weighted by Gasteiger charge is -2.34. The summed E-state index contributed by atoms with van der Waals surface area (Å²) in [6.45, 7) is 6.77. The first-order chi connectivity index (χ1) is 10.8. The van der Waals surface area contributed by atoms with Gasteiger partial charge in [0, 0.05) is 28.8 Å². The fourth-order valence-electron chi connectivity index (χ4n) is 4.04. The van der Waals surface area contributed by atoms with Crippen LogP contribution in [0.4, 0.5) is 5.69 Å². The number of non-ortho nitro benzene ring substituents is 1. The Kier molecular flexibility index (Phi) is 3.50. The summed E-state index contributed by atoms with van der Waals surface area (Å²) in [6.07, 6.45) is 3.22. The SMILES string of the molecule is CC1(C)[C@@H]2CC[C@]1(C)/C(=N\NC(=O)c1cccc([N+](=O)[O-])c1)C2. The van der Waals surface area contributed by atoms with Crippen molar-refractivity contribution in [1.82, 2.24) is 5.43 Å². The fourth-order valence-corrected chi connectivity index (χ4v) is 4.04. The molecule has 2 aliphatic rings. The number of nitrogens with one attached hydrogen (secondary N) is 1. The highest BCUT2D eigenvalue weighted by Gasteiger charge is 2.60. The van der Waals surface area contributed by atoms with Gasteiger partial charge in [-0.1, -0.05) is 26.8 Å². The van der Waals surface area contributed by atoms with Gasteiger partial charge >= 0.3 is 0 Å². The van der Waals surface area contributed by atoms with Crippen LogP contribution in [0.25, 0.3) is 0 Å². The number of hydrogen-bond acceptors (Lipinski definition) is 4. The lowest BCUT2D eigenvalue weighted by molar-refractivity contribution is -0.384. The molecule has 3 rings (SSSR count). The van der Waals surface area contributed by atoms with Gasteiger partial charge in [0.05, 0.1) is 4.92 Å². The minimum atomic E-state index is -0.512. The van der Waals surface area contributed by atoms with Crippen LogP contribution in [0, 0.1) is 26.9 Å². The number of nitro benzene ring substituents is 1. The number of carbonyl (C=O) groups is 1. The second-order valence-electron chi connectivity index (χ2n) is 7.30. The minimum Gasteiger partial charge on any atom is -0.267 e. The molecule has 2 saturated carbocycles. The van der Waals surface area contributed by atoms with Crippen molar-refractivity contribution >= 4 is 17.3 Å². The summed E-state index contributed by atoms with van der Waals surface area (Å²) in [5.41, 5.74) is 3.99. The van der Waals surface area contributed by atoms with E-state index < -0.39 is 10.8 Å². The summed E-state index contributed by atoms with van der Waals surface area (Å²) in [5, 5.41) is 15.2. The molecule has 122 valence electrons. The summed E-state index contributed by atoms with van der Waals surface area (Å²) < 4.78 is 0. The van der Waals surface area contributed by atoms with Crippen molar-refractivity contribution in [3.63, 3.8) is 0 Å². The van der Waals surface area contributed by atoms with E-state index in [1.807, 2.05) is 0 Å². The molecule has 23 heavy (non-hydrogen) atoms. The molecule has 6 nitrogen and oxygen atoms in total. The smallest absolute Gasteiger partial charge is 0.267 e. The van der Waals surface area contributed by atoms with Crippen LogP contribution in [0.1, 0.15) is 50.4 Å². The molecular formula is C17H21N3O3. The number of hydrogen-bond donors (Lipinski definition) is 1.